The molecule has 0 bridgehead atoms. The van der Waals surface area contributed by atoms with Crippen molar-refractivity contribution in [3.63, 3.8) is 0 Å². The third-order valence-corrected chi connectivity index (χ3v) is 4.26. The van der Waals surface area contributed by atoms with E-state index in [-0.39, 0.29) is 12.4 Å². The number of nitrogens with zero attached hydrogens (tertiary/aromatic N) is 1. The molecule has 0 radical (unpaired) electrons. The Hall–Kier alpha value is -2.88. The molecule has 7 heteroatoms. The van der Waals surface area contributed by atoms with Gasteiger partial charge in [-0.3, -0.25) is 9.59 Å². The smallest absolute Gasteiger partial charge is 0.344 e. The Kier molecular flexibility index (Phi) is 6.73. The molecule has 1 amide bonds. The standard InChI is InChI=1S/C19H22N2O5/c1-14(22)15-6-5-7-16(10-15)25-12-18(24)26-11-17(23)21-19(13-20)8-3-2-4-9-19/h5-7,10H,2-4,8-9,11-12H2,1H3,(H,21,23). The lowest BCUT2D eigenvalue weighted by atomic mass is 9.83. The van der Waals surface area contributed by atoms with Crippen LogP contribution in [-0.2, 0) is 14.3 Å². The Labute approximate surface area is 152 Å². The summed E-state index contributed by atoms with van der Waals surface area (Å²) >= 11 is 0. The van der Waals surface area contributed by atoms with Crippen molar-refractivity contribution in [2.75, 3.05) is 13.2 Å². The molecule has 1 aromatic rings. The first-order valence-electron chi connectivity index (χ1n) is 8.56. The highest BCUT2D eigenvalue weighted by atomic mass is 16.6. The summed E-state index contributed by atoms with van der Waals surface area (Å²) in [7, 11) is 0. The largest absolute Gasteiger partial charge is 0.482 e. The van der Waals surface area contributed by atoms with Gasteiger partial charge in [0, 0.05) is 5.56 Å². The molecule has 2 rings (SSSR count). The van der Waals surface area contributed by atoms with E-state index >= 15 is 0 Å². The third kappa shape index (κ3) is 5.59. The van der Waals surface area contributed by atoms with E-state index in [1.807, 2.05) is 0 Å². The van der Waals surface area contributed by atoms with Gasteiger partial charge in [-0.1, -0.05) is 31.4 Å². The fraction of sp³-hybridized carbons (Fsp3) is 0.474. The molecule has 26 heavy (non-hydrogen) atoms. The first kappa shape index (κ1) is 19.4. The summed E-state index contributed by atoms with van der Waals surface area (Å²) in [5, 5.41) is 12.0. The van der Waals surface area contributed by atoms with Gasteiger partial charge in [-0.15, -0.1) is 0 Å². The second-order valence-electron chi connectivity index (χ2n) is 6.34. The first-order valence-corrected chi connectivity index (χ1v) is 8.56. The molecule has 138 valence electrons. The molecule has 0 spiro atoms. The van der Waals surface area contributed by atoms with Crippen molar-refractivity contribution in [2.45, 2.75) is 44.6 Å². The van der Waals surface area contributed by atoms with Crippen LogP contribution in [0, 0.1) is 11.3 Å². The summed E-state index contributed by atoms with van der Waals surface area (Å²) in [5.74, 6) is -0.947. The number of ketones is 1. The zero-order chi connectivity index (χ0) is 19.0. The summed E-state index contributed by atoms with van der Waals surface area (Å²) in [6.07, 6.45) is 4.05. The van der Waals surface area contributed by atoms with Crippen LogP contribution in [0.2, 0.25) is 0 Å². The van der Waals surface area contributed by atoms with Crippen LogP contribution in [0.3, 0.4) is 0 Å². The van der Waals surface area contributed by atoms with Crippen LogP contribution in [0.15, 0.2) is 24.3 Å². The highest BCUT2D eigenvalue weighted by molar-refractivity contribution is 5.94. The van der Waals surface area contributed by atoms with Gasteiger partial charge in [0.15, 0.2) is 19.0 Å². The van der Waals surface area contributed by atoms with Crippen molar-refractivity contribution < 1.29 is 23.9 Å². The summed E-state index contributed by atoms with van der Waals surface area (Å²) in [4.78, 5) is 35.0. The molecular weight excluding hydrogens is 336 g/mol. The minimum absolute atomic E-state index is 0.108. The van der Waals surface area contributed by atoms with E-state index in [1.54, 1.807) is 18.2 Å². The Morgan fingerprint density at radius 2 is 1.92 bits per heavy atom. The van der Waals surface area contributed by atoms with Crippen LogP contribution in [0.25, 0.3) is 0 Å². The predicted molar refractivity (Wildman–Crippen MR) is 92.5 cm³/mol. The molecular formula is C19H22N2O5. The van der Waals surface area contributed by atoms with Gasteiger partial charge in [-0.25, -0.2) is 4.79 Å². The SMILES string of the molecule is CC(=O)c1cccc(OCC(=O)OCC(=O)NC2(C#N)CCCCC2)c1. The van der Waals surface area contributed by atoms with Gasteiger partial charge < -0.3 is 14.8 Å². The number of hydrogen-bond donors (Lipinski definition) is 1. The quantitative estimate of drug-likeness (QED) is 0.591. The molecule has 7 nitrogen and oxygen atoms in total. The van der Waals surface area contributed by atoms with Crippen molar-refractivity contribution in [1.82, 2.24) is 5.32 Å². The number of nitrogens with one attached hydrogen (secondary N) is 1. The summed E-state index contributed by atoms with van der Waals surface area (Å²) < 4.78 is 10.2. The first-order chi connectivity index (χ1) is 12.4. The van der Waals surface area contributed by atoms with E-state index in [9.17, 15) is 19.6 Å². The van der Waals surface area contributed by atoms with Crippen LogP contribution in [0.5, 0.6) is 5.75 Å². The molecule has 0 saturated heterocycles. The highest BCUT2D eigenvalue weighted by Gasteiger charge is 2.33. The number of carbonyl (C=O) groups excluding carboxylic acids is 3. The summed E-state index contributed by atoms with van der Waals surface area (Å²) in [6.45, 7) is 0.601. The molecule has 1 saturated carbocycles. The summed E-state index contributed by atoms with van der Waals surface area (Å²) in [5.41, 5.74) is -0.379. The topological polar surface area (TPSA) is 105 Å². The normalized spacial score (nSPS) is 15.4. The molecule has 0 aromatic heterocycles. The number of hydrogen-bond acceptors (Lipinski definition) is 6. The Morgan fingerprint density at radius 3 is 2.58 bits per heavy atom. The number of esters is 1. The average molecular weight is 358 g/mol. The lowest BCUT2D eigenvalue weighted by Crippen LogP contribution is -2.50. The minimum atomic E-state index is -0.856. The number of Topliss-reactive ketones (excluding diaryl/α,β-unsaturated/α-hetero) is 1. The van der Waals surface area contributed by atoms with Gasteiger partial charge in [-0.05, 0) is 31.9 Å². The van der Waals surface area contributed by atoms with E-state index in [4.69, 9.17) is 9.47 Å². The van der Waals surface area contributed by atoms with Crippen molar-refractivity contribution >= 4 is 17.7 Å². The molecule has 0 aliphatic heterocycles. The van der Waals surface area contributed by atoms with E-state index < -0.39 is 24.0 Å². The van der Waals surface area contributed by atoms with Gasteiger partial charge in [0.1, 0.15) is 11.3 Å². The number of ether oxygens (including phenoxy) is 2. The van der Waals surface area contributed by atoms with Gasteiger partial charge in [0.25, 0.3) is 5.91 Å². The predicted octanol–water partition coefficient (Wildman–Crippen LogP) is 2.15. The molecule has 1 aromatic carbocycles. The monoisotopic (exact) mass is 358 g/mol. The van der Waals surface area contributed by atoms with Gasteiger partial charge in [0.05, 0.1) is 6.07 Å². The second-order valence-corrected chi connectivity index (χ2v) is 6.34. The molecule has 1 N–H and O–H groups in total. The molecule has 0 heterocycles. The Bertz CT molecular complexity index is 717. The number of amides is 1. The zero-order valence-corrected chi connectivity index (χ0v) is 14.7. The van der Waals surface area contributed by atoms with Crippen LogP contribution >= 0.6 is 0 Å². The van der Waals surface area contributed by atoms with E-state index in [1.165, 1.54) is 13.0 Å². The minimum Gasteiger partial charge on any atom is -0.482 e. The molecule has 0 atom stereocenters. The van der Waals surface area contributed by atoms with Gasteiger partial charge >= 0.3 is 5.97 Å². The van der Waals surface area contributed by atoms with Crippen molar-refractivity contribution in [3.8, 4) is 11.8 Å². The Balaban J connectivity index is 1.76. The fourth-order valence-electron chi connectivity index (χ4n) is 2.86. The van der Waals surface area contributed by atoms with E-state index in [0.29, 0.717) is 24.2 Å². The van der Waals surface area contributed by atoms with Crippen LogP contribution in [0.4, 0.5) is 0 Å². The fourth-order valence-corrected chi connectivity index (χ4v) is 2.86. The maximum Gasteiger partial charge on any atom is 0.344 e. The van der Waals surface area contributed by atoms with Crippen LogP contribution in [-0.4, -0.2) is 36.4 Å². The number of carbonyl (C=O) groups is 3. The molecule has 1 fully saturated rings. The maximum atomic E-state index is 12.0. The number of rotatable bonds is 7. The zero-order valence-electron chi connectivity index (χ0n) is 14.7. The number of nitriles is 1. The summed E-state index contributed by atoms with van der Waals surface area (Å²) in [6, 6.07) is 8.62. The van der Waals surface area contributed by atoms with Crippen molar-refractivity contribution in [1.29, 1.82) is 5.26 Å². The second kappa shape index (κ2) is 8.99. The molecule has 0 unspecified atom stereocenters. The number of benzene rings is 1. The van der Waals surface area contributed by atoms with Gasteiger partial charge in [-0.2, -0.15) is 5.26 Å². The molecule has 1 aliphatic rings. The van der Waals surface area contributed by atoms with Crippen molar-refractivity contribution in [2.24, 2.45) is 0 Å². The van der Waals surface area contributed by atoms with Crippen LogP contribution in [0.1, 0.15) is 49.4 Å². The molecule has 1 aliphatic carbocycles. The van der Waals surface area contributed by atoms with E-state index in [2.05, 4.69) is 11.4 Å². The lowest BCUT2D eigenvalue weighted by Gasteiger charge is -2.31. The highest BCUT2D eigenvalue weighted by Crippen LogP contribution is 2.27. The maximum absolute atomic E-state index is 12.0. The van der Waals surface area contributed by atoms with E-state index in [0.717, 1.165) is 19.3 Å². The van der Waals surface area contributed by atoms with Gasteiger partial charge in [0.2, 0.25) is 0 Å². The lowest BCUT2D eigenvalue weighted by molar-refractivity contribution is -0.150. The average Bonchev–Trinajstić information content (AvgIpc) is 2.65. The van der Waals surface area contributed by atoms with Crippen molar-refractivity contribution in [3.05, 3.63) is 29.8 Å². The Morgan fingerprint density at radius 1 is 1.19 bits per heavy atom. The third-order valence-electron chi connectivity index (χ3n) is 4.26. The van der Waals surface area contributed by atoms with Crippen LogP contribution < -0.4 is 10.1 Å².